The Hall–Kier alpha value is -0.120. The molecule has 3 nitrogen and oxygen atoms in total. The Bertz CT molecular complexity index is 308. The second-order valence-electron chi connectivity index (χ2n) is 8.16. The molecule has 21 heavy (non-hydrogen) atoms. The number of rotatable bonds is 4. The van der Waals surface area contributed by atoms with Crippen molar-refractivity contribution in [3.05, 3.63) is 0 Å². The molecule has 0 N–H and O–H groups in total. The van der Waals surface area contributed by atoms with E-state index in [1.807, 2.05) is 0 Å². The van der Waals surface area contributed by atoms with Crippen LogP contribution in [0.1, 0.15) is 46.5 Å². The largest absolute Gasteiger partial charge is 0.300 e. The second kappa shape index (κ2) is 6.97. The van der Waals surface area contributed by atoms with E-state index in [0.717, 1.165) is 23.9 Å². The average Bonchev–Trinajstić information content (AvgIpc) is 2.43. The maximum absolute atomic E-state index is 2.80. The van der Waals surface area contributed by atoms with Gasteiger partial charge in [0.15, 0.2) is 0 Å². The van der Waals surface area contributed by atoms with Gasteiger partial charge in [0.25, 0.3) is 0 Å². The second-order valence-corrected chi connectivity index (χ2v) is 8.16. The lowest BCUT2D eigenvalue weighted by Gasteiger charge is -2.46. The molecule has 0 aromatic carbocycles. The minimum Gasteiger partial charge on any atom is -0.300 e. The van der Waals surface area contributed by atoms with Gasteiger partial charge in [0.1, 0.15) is 0 Å². The van der Waals surface area contributed by atoms with E-state index in [-0.39, 0.29) is 0 Å². The van der Waals surface area contributed by atoms with Crippen LogP contribution in [0.15, 0.2) is 0 Å². The van der Waals surface area contributed by atoms with E-state index in [1.165, 1.54) is 71.5 Å². The summed E-state index contributed by atoms with van der Waals surface area (Å²) in [6, 6.07) is 1.65. The molecule has 2 aliphatic heterocycles. The summed E-state index contributed by atoms with van der Waals surface area (Å²) in [6.07, 6.45) is 5.82. The highest BCUT2D eigenvalue weighted by molar-refractivity contribution is 4.87. The molecule has 0 amide bonds. The molecule has 0 aromatic rings. The first-order valence-electron chi connectivity index (χ1n) is 9.32. The molecule has 2 saturated heterocycles. The number of piperazine rings is 1. The van der Waals surface area contributed by atoms with Crippen molar-refractivity contribution >= 4 is 0 Å². The van der Waals surface area contributed by atoms with Crippen molar-refractivity contribution in [1.82, 2.24) is 14.7 Å². The van der Waals surface area contributed by atoms with Crippen LogP contribution in [0.5, 0.6) is 0 Å². The first kappa shape index (κ1) is 15.8. The SMILES string of the molecule is CC1CCC(N2CCN(CC3CN(C(C)C)C3)CC2)CC1. The van der Waals surface area contributed by atoms with Crippen LogP contribution in [-0.2, 0) is 0 Å². The minimum atomic E-state index is 0.742. The Kier molecular flexibility index (Phi) is 5.23. The zero-order chi connectivity index (χ0) is 14.8. The molecule has 3 rings (SSSR count). The van der Waals surface area contributed by atoms with E-state index in [4.69, 9.17) is 0 Å². The van der Waals surface area contributed by atoms with Crippen molar-refractivity contribution in [2.45, 2.75) is 58.5 Å². The quantitative estimate of drug-likeness (QED) is 0.788. The highest BCUT2D eigenvalue weighted by Crippen LogP contribution is 2.28. The van der Waals surface area contributed by atoms with Gasteiger partial charge in [-0.1, -0.05) is 6.92 Å². The van der Waals surface area contributed by atoms with E-state index < -0.39 is 0 Å². The first-order valence-corrected chi connectivity index (χ1v) is 9.32. The lowest BCUT2D eigenvalue weighted by molar-refractivity contribution is 0.0175. The summed E-state index contributed by atoms with van der Waals surface area (Å²) in [5.74, 6) is 1.92. The van der Waals surface area contributed by atoms with Crippen molar-refractivity contribution in [3.8, 4) is 0 Å². The monoisotopic (exact) mass is 293 g/mol. The fourth-order valence-electron chi connectivity index (χ4n) is 4.43. The first-order chi connectivity index (χ1) is 10.1. The van der Waals surface area contributed by atoms with Crippen molar-refractivity contribution in [3.63, 3.8) is 0 Å². The predicted molar refractivity (Wildman–Crippen MR) is 89.6 cm³/mol. The number of likely N-dealkylation sites (tertiary alicyclic amines) is 1. The molecule has 0 radical (unpaired) electrons. The lowest BCUT2D eigenvalue weighted by Crippen LogP contribution is -2.57. The summed E-state index contributed by atoms with van der Waals surface area (Å²) >= 11 is 0. The van der Waals surface area contributed by atoms with Gasteiger partial charge in [-0.2, -0.15) is 0 Å². The molecule has 0 spiro atoms. The van der Waals surface area contributed by atoms with Gasteiger partial charge in [0.2, 0.25) is 0 Å². The van der Waals surface area contributed by atoms with Crippen LogP contribution in [0.4, 0.5) is 0 Å². The van der Waals surface area contributed by atoms with E-state index in [9.17, 15) is 0 Å². The molecular weight excluding hydrogens is 258 g/mol. The van der Waals surface area contributed by atoms with Gasteiger partial charge in [-0.25, -0.2) is 0 Å². The number of hydrogen-bond donors (Lipinski definition) is 0. The van der Waals surface area contributed by atoms with Gasteiger partial charge >= 0.3 is 0 Å². The van der Waals surface area contributed by atoms with Crippen LogP contribution in [0.3, 0.4) is 0 Å². The molecule has 0 unspecified atom stereocenters. The third kappa shape index (κ3) is 4.00. The van der Waals surface area contributed by atoms with E-state index in [2.05, 4.69) is 35.5 Å². The van der Waals surface area contributed by atoms with Crippen molar-refractivity contribution in [2.24, 2.45) is 11.8 Å². The smallest absolute Gasteiger partial charge is 0.0113 e. The molecule has 2 heterocycles. The maximum Gasteiger partial charge on any atom is 0.0113 e. The normalized spacial score (nSPS) is 34.3. The van der Waals surface area contributed by atoms with Crippen molar-refractivity contribution in [2.75, 3.05) is 45.8 Å². The molecule has 0 atom stereocenters. The highest BCUT2D eigenvalue weighted by atomic mass is 15.3. The molecule has 122 valence electrons. The third-order valence-corrected chi connectivity index (χ3v) is 6.14. The Balaban J connectivity index is 1.34. The zero-order valence-corrected chi connectivity index (χ0v) is 14.4. The third-order valence-electron chi connectivity index (χ3n) is 6.14. The Labute approximate surface area is 131 Å². The Morgan fingerprint density at radius 3 is 2.10 bits per heavy atom. The zero-order valence-electron chi connectivity index (χ0n) is 14.4. The summed E-state index contributed by atoms with van der Waals surface area (Å²) in [5, 5.41) is 0. The van der Waals surface area contributed by atoms with Crippen LogP contribution in [0.2, 0.25) is 0 Å². The summed E-state index contributed by atoms with van der Waals surface area (Å²) in [6.45, 7) is 16.3. The molecular formula is C18H35N3. The van der Waals surface area contributed by atoms with Gasteiger partial charge in [-0.05, 0) is 51.4 Å². The highest BCUT2D eigenvalue weighted by Gasteiger charge is 2.32. The molecule has 3 aliphatic rings. The number of nitrogens with zero attached hydrogens (tertiary/aromatic N) is 3. The summed E-state index contributed by atoms with van der Waals surface area (Å²) in [4.78, 5) is 8.12. The van der Waals surface area contributed by atoms with E-state index in [1.54, 1.807) is 0 Å². The summed E-state index contributed by atoms with van der Waals surface area (Å²) < 4.78 is 0. The molecule has 0 bridgehead atoms. The number of hydrogen-bond acceptors (Lipinski definition) is 3. The Morgan fingerprint density at radius 2 is 1.52 bits per heavy atom. The molecule has 3 heteroatoms. The molecule has 3 fully saturated rings. The van der Waals surface area contributed by atoms with Crippen molar-refractivity contribution < 1.29 is 0 Å². The van der Waals surface area contributed by atoms with Gasteiger partial charge in [0, 0.05) is 57.9 Å². The van der Waals surface area contributed by atoms with Gasteiger partial charge in [-0.3, -0.25) is 4.90 Å². The van der Waals surface area contributed by atoms with Crippen LogP contribution in [-0.4, -0.2) is 72.6 Å². The maximum atomic E-state index is 2.80. The standard InChI is InChI=1S/C18H35N3/c1-15(2)21-13-17(14-21)12-19-8-10-20(11-9-19)18-6-4-16(3)5-7-18/h15-18H,4-14H2,1-3H3. The van der Waals surface area contributed by atoms with Crippen LogP contribution in [0.25, 0.3) is 0 Å². The molecule has 1 aliphatic carbocycles. The topological polar surface area (TPSA) is 9.72 Å². The van der Waals surface area contributed by atoms with E-state index in [0.29, 0.717) is 0 Å². The lowest BCUT2D eigenvalue weighted by atomic mass is 9.86. The fourth-order valence-corrected chi connectivity index (χ4v) is 4.43. The molecule has 0 aromatic heterocycles. The van der Waals surface area contributed by atoms with Gasteiger partial charge in [-0.15, -0.1) is 0 Å². The van der Waals surface area contributed by atoms with Crippen LogP contribution < -0.4 is 0 Å². The van der Waals surface area contributed by atoms with Gasteiger partial charge in [0.05, 0.1) is 0 Å². The Morgan fingerprint density at radius 1 is 0.905 bits per heavy atom. The van der Waals surface area contributed by atoms with Crippen molar-refractivity contribution in [1.29, 1.82) is 0 Å². The summed E-state index contributed by atoms with van der Waals surface area (Å²) in [5.41, 5.74) is 0. The predicted octanol–water partition coefficient (Wildman–Crippen LogP) is 2.52. The average molecular weight is 293 g/mol. The minimum absolute atomic E-state index is 0.742. The van der Waals surface area contributed by atoms with Crippen LogP contribution in [0, 0.1) is 11.8 Å². The fraction of sp³-hybridized carbons (Fsp3) is 1.00. The van der Waals surface area contributed by atoms with Crippen LogP contribution >= 0.6 is 0 Å². The van der Waals surface area contributed by atoms with Gasteiger partial charge < -0.3 is 9.80 Å². The van der Waals surface area contributed by atoms with E-state index >= 15 is 0 Å². The summed E-state index contributed by atoms with van der Waals surface area (Å²) in [7, 11) is 0. The molecule has 1 saturated carbocycles.